The minimum Gasteiger partial charge on any atom is -0.336 e. The van der Waals surface area contributed by atoms with E-state index in [0.29, 0.717) is 5.02 Å². The molecule has 0 aromatic heterocycles. The highest BCUT2D eigenvalue weighted by Gasteiger charge is 2.35. The highest BCUT2D eigenvalue weighted by Crippen LogP contribution is 2.30. The Hall–Kier alpha value is -1.14. The van der Waals surface area contributed by atoms with E-state index in [2.05, 4.69) is 0 Å². The molecule has 7 heteroatoms. The maximum Gasteiger partial charge on any atom is 0.302 e. The van der Waals surface area contributed by atoms with Crippen molar-refractivity contribution in [1.29, 1.82) is 0 Å². The van der Waals surface area contributed by atoms with Gasteiger partial charge in [0.25, 0.3) is 0 Å². The van der Waals surface area contributed by atoms with Crippen molar-refractivity contribution >= 4 is 27.7 Å². The fourth-order valence-corrected chi connectivity index (χ4v) is 3.51. The summed E-state index contributed by atoms with van der Waals surface area (Å²) in [5.41, 5.74) is 0.870. The van der Waals surface area contributed by atoms with E-state index < -0.39 is 21.9 Å². The second-order valence-electron chi connectivity index (χ2n) is 5.05. The number of hydrogen-bond donors (Lipinski definition) is 0. The highest BCUT2D eigenvalue weighted by atomic mass is 35.5. The van der Waals surface area contributed by atoms with E-state index in [1.807, 2.05) is 13.0 Å². The molecule has 0 radical (unpaired) electrons. The summed E-state index contributed by atoms with van der Waals surface area (Å²) in [7, 11) is -4.55. The number of carbonyl (C=O) groups is 1. The van der Waals surface area contributed by atoms with Crippen molar-refractivity contribution in [2.24, 2.45) is 5.92 Å². The van der Waals surface area contributed by atoms with Crippen molar-refractivity contribution in [2.75, 3.05) is 12.3 Å². The van der Waals surface area contributed by atoms with Crippen molar-refractivity contribution in [3.05, 3.63) is 34.9 Å². The zero-order valence-corrected chi connectivity index (χ0v) is 12.5. The maximum atomic E-state index is 12.7. The molecule has 1 aromatic carbocycles. The number of nitrogens with zero attached hydrogens (tertiary/aromatic N) is 1. The number of halogens is 2. The van der Waals surface area contributed by atoms with Crippen LogP contribution in [0, 0.1) is 5.92 Å². The molecule has 1 fully saturated rings. The fraction of sp³-hybridized carbons (Fsp3) is 0.462. The van der Waals surface area contributed by atoms with Crippen LogP contribution < -0.4 is 0 Å². The molecule has 1 aliphatic rings. The van der Waals surface area contributed by atoms with E-state index in [1.54, 1.807) is 23.1 Å². The summed E-state index contributed by atoms with van der Waals surface area (Å²) in [6, 6.07) is 6.93. The Morgan fingerprint density at radius 1 is 1.50 bits per heavy atom. The maximum absolute atomic E-state index is 12.7. The third-order valence-corrected chi connectivity index (χ3v) is 4.58. The Bertz CT molecular complexity index is 620. The van der Waals surface area contributed by atoms with Crippen LogP contribution in [0.2, 0.25) is 5.02 Å². The lowest BCUT2D eigenvalue weighted by atomic mass is 10.1. The molecular weight excluding hydrogens is 305 g/mol. The summed E-state index contributed by atoms with van der Waals surface area (Å²) in [5.74, 6) is -1.25. The molecule has 110 valence electrons. The van der Waals surface area contributed by atoms with Crippen LogP contribution in [0.15, 0.2) is 24.3 Å². The van der Waals surface area contributed by atoms with Crippen LogP contribution in [0.5, 0.6) is 0 Å². The summed E-state index contributed by atoms with van der Waals surface area (Å²) >= 11 is 5.92. The SMILES string of the molecule is CC(c1cccc(Cl)c1)N1CC(CS(=O)(=O)F)CC1=O. The van der Waals surface area contributed by atoms with Crippen LogP contribution >= 0.6 is 11.6 Å². The lowest BCUT2D eigenvalue weighted by Crippen LogP contribution is -2.29. The molecule has 1 heterocycles. The number of amides is 1. The van der Waals surface area contributed by atoms with Crippen molar-refractivity contribution in [2.45, 2.75) is 19.4 Å². The largest absolute Gasteiger partial charge is 0.336 e. The van der Waals surface area contributed by atoms with E-state index >= 15 is 0 Å². The fourth-order valence-electron chi connectivity index (χ4n) is 2.52. The predicted octanol–water partition coefficient (Wildman–Crippen LogP) is 2.55. The van der Waals surface area contributed by atoms with Gasteiger partial charge in [-0.25, -0.2) is 0 Å². The summed E-state index contributed by atoms with van der Waals surface area (Å²) in [4.78, 5) is 13.5. The first kappa shape index (κ1) is 15.3. The van der Waals surface area contributed by atoms with E-state index in [-0.39, 0.29) is 24.9 Å². The molecule has 1 aromatic rings. The Labute approximate surface area is 122 Å². The minimum absolute atomic E-state index is 0.0635. The van der Waals surface area contributed by atoms with E-state index in [1.165, 1.54) is 0 Å². The van der Waals surface area contributed by atoms with E-state index in [4.69, 9.17) is 11.6 Å². The van der Waals surface area contributed by atoms with Crippen molar-refractivity contribution < 1.29 is 17.1 Å². The van der Waals surface area contributed by atoms with Gasteiger partial charge >= 0.3 is 10.2 Å². The zero-order chi connectivity index (χ0) is 14.9. The Morgan fingerprint density at radius 2 is 2.20 bits per heavy atom. The number of rotatable bonds is 4. The standard InChI is InChI=1S/C13H15ClFNO3S/c1-9(11-3-2-4-12(14)6-11)16-7-10(5-13(16)17)8-20(15,18)19/h2-4,6,9-10H,5,7-8H2,1H3. The van der Waals surface area contributed by atoms with Gasteiger partial charge in [0.05, 0.1) is 11.8 Å². The van der Waals surface area contributed by atoms with Crippen LogP contribution in [0.25, 0.3) is 0 Å². The predicted molar refractivity (Wildman–Crippen MR) is 74.6 cm³/mol. The summed E-state index contributed by atoms with van der Waals surface area (Å²) in [6.07, 6.45) is 0.0635. The lowest BCUT2D eigenvalue weighted by Gasteiger charge is -2.25. The average Bonchev–Trinajstić information content (AvgIpc) is 2.66. The number of benzene rings is 1. The lowest BCUT2D eigenvalue weighted by molar-refractivity contribution is -0.129. The molecule has 0 saturated carbocycles. The molecule has 0 aliphatic carbocycles. The van der Waals surface area contributed by atoms with Crippen LogP contribution in [-0.4, -0.2) is 31.5 Å². The van der Waals surface area contributed by atoms with Crippen LogP contribution in [0.4, 0.5) is 3.89 Å². The van der Waals surface area contributed by atoms with Crippen LogP contribution in [0.3, 0.4) is 0 Å². The molecule has 0 N–H and O–H groups in total. The third kappa shape index (κ3) is 3.70. The topological polar surface area (TPSA) is 54.5 Å². The summed E-state index contributed by atoms with van der Waals surface area (Å²) < 4.78 is 34.0. The molecule has 0 spiro atoms. The molecule has 4 nitrogen and oxygen atoms in total. The van der Waals surface area contributed by atoms with Gasteiger partial charge in [-0.05, 0) is 24.6 Å². The van der Waals surface area contributed by atoms with Gasteiger partial charge in [0, 0.05) is 23.9 Å². The second kappa shape index (κ2) is 5.69. The smallest absolute Gasteiger partial charge is 0.302 e. The van der Waals surface area contributed by atoms with Gasteiger partial charge in [-0.2, -0.15) is 8.42 Å². The Balaban J connectivity index is 2.11. The molecule has 2 atom stereocenters. The quantitative estimate of drug-likeness (QED) is 0.801. The van der Waals surface area contributed by atoms with E-state index in [0.717, 1.165) is 5.56 Å². The van der Waals surface area contributed by atoms with Gasteiger partial charge in [0.1, 0.15) is 0 Å². The minimum atomic E-state index is -4.55. The van der Waals surface area contributed by atoms with Crippen molar-refractivity contribution in [3.63, 3.8) is 0 Å². The first-order valence-corrected chi connectivity index (χ1v) is 8.16. The van der Waals surface area contributed by atoms with E-state index in [9.17, 15) is 17.1 Å². The zero-order valence-electron chi connectivity index (χ0n) is 10.9. The molecule has 1 amide bonds. The Kier molecular flexibility index (Phi) is 4.34. The van der Waals surface area contributed by atoms with Crippen molar-refractivity contribution in [1.82, 2.24) is 4.90 Å². The number of likely N-dealkylation sites (tertiary alicyclic amines) is 1. The first-order chi connectivity index (χ1) is 9.26. The monoisotopic (exact) mass is 319 g/mol. The van der Waals surface area contributed by atoms with Crippen molar-refractivity contribution in [3.8, 4) is 0 Å². The van der Waals surface area contributed by atoms with Gasteiger partial charge < -0.3 is 4.90 Å². The number of carbonyl (C=O) groups excluding carboxylic acids is 1. The molecule has 20 heavy (non-hydrogen) atoms. The van der Waals surface area contributed by atoms with Gasteiger partial charge in [0.15, 0.2) is 0 Å². The molecule has 0 bridgehead atoms. The van der Waals surface area contributed by atoms with Gasteiger partial charge in [-0.1, -0.05) is 23.7 Å². The average molecular weight is 320 g/mol. The normalized spacial score (nSPS) is 21.2. The van der Waals surface area contributed by atoms with Gasteiger partial charge in [0.2, 0.25) is 5.91 Å². The van der Waals surface area contributed by atoms with Crippen LogP contribution in [0.1, 0.15) is 24.9 Å². The van der Waals surface area contributed by atoms with Gasteiger partial charge in [-0.15, -0.1) is 3.89 Å². The highest BCUT2D eigenvalue weighted by molar-refractivity contribution is 7.86. The summed E-state index contributed by atoms with van der Waals surface area (Å²) in [6.45, 7) is 2.09. The number of hydrogen-bond acceptors (Lipinski definition) is 3. The molecule has 1 aliphatic heterocycles. The van der Waals surface area contributed by atoms with Gasteiger partial charge in [-0.3, -0.25) is 4.79 Å². The van der Waals surface area contributed by atoms with Crippen LogP contribution in [-0.2, 0) is 15.0 Å². The summed E-state index contributed by atoms with van der Waals surface area (Å²) in [5, 5.41) is 0.573. The molecule has 1 saturated heterocycles. The molecule has 2 unspecified atom stereocenters. The Morgan fingerprint density at radius 3 is 2.80 bits per heavy atom. The molecular formula is C13H15ClFNO3S. The first-order valence-electron chi connectivity index (χ1n) is 6.23. The second-order valence-corrected chi connectivity index (χ2v) is 6.90. The third-order valence-electron chi connectivity index (χ3n) is 3.47. The molecule has 2 rings (SSSR count).